The fourth-order valence-electron chi connectivity index (χ4n) is 3.75. The van der Waals surface area contributed by atoms with Crippen LogP contribution in [-0.4, -0.2) is 40.4 Å². The van der Waals surface area contributed by atoms with Gasteiger partial charge < -0.3 is 10.6 Å². The lowest BCUT2D eigenvalue weighted by molar-refractivity contribution is -0.143. The van der Waals surface area contributed by atoms with Crippen molar-refractivity contribution in [3.63, 3.8) is 0 Å². The highest BCUT2D eigenvalue weighted by Crippen LogP contribution is 2.45. The van der Waals surface area contributed by atoms with Crippen LogP contribution in [0.3, 0.4) is 0 Å². The van der Waals surface area contributed by atoms with Crippen molar-refractivity contribution in [2.45, 2.75) is 64.7 Å². The van der Waals surface area contributed by atoms with E-state index in [4.69, 9.17) is 5.73 Å². The van der Waals surface area contributed by atoms with E-state index < -0.39 is 0 Å². The molecule has 3 nitrogen and oxygen atoms in total. The Kier molecular flexibility index (Phi) is 4.99. The van der Waals surface area contributed by atoms with Gasteiger partial charge in [-0.2, -0.15) is 11.8 Å². The number of thioether (sulfide) groups is 1. The smallest absolute Gasteiger partial charge is 0.226 e. The van der Waals surface area contributed by atoms with Crippen molar-refractivity contribution in [2.24, 2.45) is 23.0 Å². The zero-order valence-corrected chi connectivity index (χ0v) is 15.1. The van der Waals surface area contributed by atoms with E-state index in [1.807, 2.05) is 11.8 Å². The number of amides is 1. The van der Waals surface area contributed by atoms with Gasteiger partial charge in [-0.1, -0.05) is 34.6 Å². The monoisotopic (exact) mass is 312 g/mol. The summed E-state index contributed by atoms with van der Waals surface area (Å²) in [5.74, 6) is 1.97. The van der Waals surface area contributed by atoms with Gasteiger partial charge >= 0.3 is 0 Å². The molecule has 0 spiro atoms. The maximum Gasteiger partial charge on any atom is 0.226 e. The standard InChI is InChI=1S/C17H32N2OS/c1-12-14(18)7-6-13(17(12,4)5)15(20)19-9-8-16(2,3)21-11-10-19/h12-14H,6-11,18H2,1-5H3. The molecule has 2 rings (SSSR count). The second-order valence-corrected chi connectivity index (χ2v) is 9.89. The Morgan fingerprint density at radius 2 is 1.86 bits per heavy atom. The van der Waals surface area contributed by atoms with Crippen LogP contribution in [0.2, 0.25) is 0 Å². The summed E-state index contributed by atoms with van der Waals surface area (Å²) in [6.45, 7) is 13.1. The van der Waals surface area contributed by atoms with Gasteiger partial charge in [0, 0.05) is 35.5 Å². The minimum Gasteiger partial charge on any atom is -0.342 e. The fourth-order valence-corrected chi connectivity index (χ4v) is 4.85. The molecule has 3 atom stereocenters. The normalized spacial score (nSPS) is 36.1. The van der Waals surface area contributed by atoms with Crippen molar-refractivity contribution in [3.05, 3.63) is 0 Å². The third-order valence-electron chi connectivity index (χ3n) is 5.95. The number of hydrogen-bond donors (Lipinski definition) is 1. The number of carbonyl (C=O) groups is 1. The Bertz CT molecular complexity index is 394. The molecule has 2 aliphatic rings. The number of nitrogens with two attached hydrogens (primary N) is 1. The predicted molar refractivity (Wildman–Crippen MR) is 91.4 cm³/mol. The van der Waals surface area contributed by atoms with Crippen molar-refractivity contribution < 1.29 is 4.79 Å². The van der Waals surface area contributed by atoms with Crippen LogP contribution in [0, 0.1) is 17.3 Å². The van der Waals surface area contributed by atoms with Crippen LogP contribution < -0.4 is 5.73 Å². The molecule has 1 amide bonds. The Labute approximate surface area is 134 Å². The average molecular weight is 313 g/mol. The van der Waals surface area contributed by atoms with Crippen LogP contribution in [0.25, 0.3) is 0 Å². The topological polar surface area (TPSA) is 46.3 Å². The highest BCUT2D eigenvalue weighted by molar-refractivity contribution is 8.00. The minimum absolute atomic E-state index is 0.00369. The molecule has 3 unspecified atom stereocenters. The van der Waals surface area contributed by atoms with Crippen LogP contribution in [-0.2, 0) is 4.79 Å². The van der Waals surface area contributed by atoms with Crippen molar-refractivity contribution in [2.75, 3.05) is 18.8 Å². The molecule has 0 radical (unpaired) electrons. The highest BCUT2D eigenvalue weighted by Gasteiger charge is 2.46. The number of nitrogens with zero attached hydrogens (tertiary/aromatic N) is 1. The molecular weight excluding hydrogens is 280 g/mol. The maximum atomic E-state index is 13.1. The molecule has 122 valence electrons. The summed E-state index contributed by atoms with van der Waals surface area (Å²) in [5.41, 5.74) is 6.23. The summed E-state index contributed by atoms with van der Waals surface area (Å²) in [7, 11) is 0. The van der Waals surface area contributed by atoms with Gasteiger partial charge in [-0.15, -0.1) is 0 Å². The lowest BCUT2D eigenvalue weighted by atomic mass is 9.60. The zero-order valence-electron chi connectivity index (χ0n) is 14.3. The second-order valence-electron chi connectivity index (χ2n) is 8.09. The van der Waals surface area contributed by atoms with Crippen LogP contribution >= 0.6 is 11.8 Å². The van der Waals surface area contributed by atoms with E-state index in [2.05, 4.69) is 39.5 Å². The molecule has 0 aromatic carbocycles. The van der Waals surface area contributed by atoms with E-state index >= 15 is 0 Å². The molecular formula is C17H32N2OS. The van der Waals surface area contributed by atoms with Crippen molar-refractivity contribution in [1.29, 1.82) is 0 Å². The summed E-state index contributed by atoms with van der Waals surface area (Å²) in [6.07, 6.45) is 3.02. The summed E-state index contributed by atoms with van der Waals surface area (Å²) < 4.78 is 0.298. The lowest BCUT2D eigenvalue weighted by Gasteiger charge is -2.47. The van der Waals surface area contributed by atoms with Crippen LogP contribution in [0.1, 0.15) is 53.9 Å². The molecule has 1 heterocycles. The number of hydrogen-bond acceptors (Lipinski definition) is 3. The minimum atomic E-state index is 0.00369. The van der Waals surface area contributed by atoms with Crippen molar-refractivity contribution in [3.8, 4) is 0 Å². The Hall–Kier alpha value is -0.220. The average Bonchev–Trinajstić information content (AvgIpc) is 2.56. The van der Waals surface area contributed by atoms with E-state index in [1.54, 1.807) is 0 Å². The Morgan fingerprint density at radius 1 is 1.19 bits per heavy atom. The first-order valence-corrected chi connectivity index (χ1v) is 9.32. The molecule has 21 heavy (non-hydrogen) atoms. The van der Waals surface area contributed by atoms with Gasteiger partial charge in [0.15, 0.2) is 0 Å². The second kappa shape index (κ2) is 6.11. The van der Waals surface area contributed by atoms with E-state index in [0.717, 1.165) is 38.1 Å². The third kappa shape index (κ3) is 3.58. The molecule has 2 N–H and O–H groups in total. The van der Waals surface area contributed by atoms with Crippen LogP contribution in [0.15, 0.2) is 0 Å². The molecule has 1 aliphatic heterocycles. The summed E-state index contributed by atoms with van der Waals surface area (Å²) >= 11 is 2.00. The highest BCUT2D eigenvalue weighted by atomic mass is 32.2. The van der Waals surface area contributed by atoms with Gasteiger partial charge in [-0.05, 0) is 30.6 Å². The first-order chi connectivity index (χ1) is 9.65. The number of rotatable bonds is 1. The largest absolute Gasteiger partial charge is 0.342 e. The van der Waals surface area contributed by atoms with Gasteiger partial charge in [0.2, 0.25) is 5.91 Å². The maximum absolute atomic E-state index is 13.1. The van der Waals surface area contributed by atoms with Gasteiger partial charge in [-0.3, -0.25) is 4.79 Å². The molecule has 4 heteroatoms. The number of carbonyl (C=O) groups excluding carboxylic acids is 1. The lowest BCUT2D eigenvalue weighted by Crippen LogP contribution is -2.52. The molecule has 1 aliphatic carbocycles. The molecule has 2 fully saturated rings. The third-order valence-corrected chi connectivity index (χ3v) is 7.32. The van der Waals surface area contributed by atoms with Crippen LogP contribution in [0.5, 0.6) is 0 Å². The predicted octanol–water partition coefficient (Wildman–Crippen LogP) is 3.13. The molecule has 0 aromatic rings. The van der Waals surface area contributed by atoms with Crippen molar-refractivity contribution >= 4 is 17.7 Å². The summed E-state index contributed by atoms with van der Waals surface area (Å²) in [4.78, 5) is 15.2. The van der Waals surface area contributed by atoms with Gasteiger partial charge in [-0.25, -0.2) is 0 Å². The van der Waals surface area contributed by atoms with Gasteiger partial charge in [0.05, 0.1) is 0 Å². The van der Waals surface area contributed by atoms with E-state index in [-0.39, 0.29) is 17.4 Å². The van der Waals surface area contributed by atoms with Crippen molar-refractivity contribution in [1.82, 2.24) is 4.90 Å². The Morgan fingerprint density at radius 3 is 2.52 bits per heavy atom. The molecule has 0 bridgehead atoms. The fraction of sp³-hybridized carbons (Fsp3) is 0.941. The molecule has 1 saturated carbocycles. The van der Waals surface area contributed by atoms with Gasteiger partial charge in [0.1, 0.15) is 0 Å². The molecule has 0 aromatic heterocycles. The van der Waals surface area contributed by atoms with E-state index in [0.29, 0.717) is 16.6 Å². The first-order valence-electron chi connectivity index (χ1n) is 8.33. The SMILES string of the molecule is CC1C(N)CCC(C(=O)N2CCSC(C)(C)CC2)C1(C)C. The Balaban J connectivity index is 2.09. The van der Waals surface area contributed by atoms with E-state index in [1.165, 1.54) is 0 Å². The first kappa shape index (κ1) is 17.1. The quantitative estimate of drug-likeness (QED) is 0.809. The van der Waals surface area contributed by atoms with E-state index in [9.17, 15) is 4.79 Å². The van der Waals surface area contributed by atoms with Crippen LogP contribution in [0.4, 0.5) is 0 Å². The molecule has 1 saturated heterocycles. The van der Waals surface area contributed by atoms with Gasteiger partial charge in [0.25, 0.3) is 0 Å². The summed E-state index contributed by atoms with van der Waals surface area (Å²) in [6, 6.07) is 0.239. The zero-order chi connectivity index (χ0) is 15.8. The summed E-state index contributed by atoms with van der Waals surface area (Å²) in [5, 5.41) is 0.